The number of methoxy groups -OCH3 is 1. The summed E-state index contributed by atoms with van der Waals surface area (Å²) in [5.41, 5.74) is 3.76. The number of unbranched alkanes of at least 4 members (excludes halogenated alkanes) is 1. The Morgan fingerprint density at radius 2 is 2.00 bits per heavy atom. The van der Waals surface area contributed by atoms with Crippen LogP contribution < -0.4 is 0 Å². The quantitative estimate of drug-likeness (QED) is 0.465. The molecule has 0 heterocycles. The molecule has 2 aromatic rings. The number of rotatable bonds is 6. The molecular formula is C19H20O3. The van der Waals surface area contributed by atoms with E-state index in [0.717, 1.165) is 30.1 Å². The maximum atomic E-state index is 12.2. The number of carbonyl (C=O) groups excluding carboxylic acids is 2. The highest BCUT2D eigenvalue weighted by Gasteiger charge is 2.25. The van der Waals surface area contributed by atoms with Crippen LogP contribution in [0.25, 0.3) is 10.8 Å². The number of benzene rings is 2. The number of aryl methyl sites for hydroxylation is 2. The second-order valence-corrected chi connectivity index (χ2v) is 5.83. The van der Waals surface area contributed by atoms with Crippen molar-refractivity contribution < 1.29 is 14.3 Å². The van der Waals surface area contributed by atoms with Crippen LogP contribution in [0.15, 0.2) is 30.3 Å². The van der Waals surface area contributed by atoms with E-state index in [1.54, 1.807) is 0 Å². The van der Waals surface area contributed by atoms with E-state index in [4.69, 9.17) is 4.74 Å². The molecule has 22 heavy (non-hydrogen) atoms. The van der Waals surface area contributed by atoms with Gasteiger partial charge in [0.25, 0.3) is 0 Å². The lowest BCUT2D eigenvalue weighted by Gasteiger charge is -2.17. The van der Waals surface area contributed by atoms with Gasteiger partial charge < -0.3 is 9.53 Å². The summed E-state index contributed by atoms with van der Waals surface area (Å²) in [5.74, 6) is -0.514. The Morgan fingerprint density at radius 1 is 1.23 bits per heavy atom. The van der Waals surface area contributed by atoms with Gasteiger partial charge in [-0.3, -0.25) is 4.79 Å². The van der Waals surface area contributed by atoms with E-state index in [-0.39, 0.29) is 11.9 Å². The van der Waals surface area contributed by atoms with Crippen LogP contribution in [0, 0.1) is 0 Å². The molecule has 0 radical (unpaired) electrons. The number of hydrogen-bond donors (Lipinski definition) is 0. The van der Waals surface area contributed by atoms with Gasteiger partial charge in [-0.05, 0) is 53.1 Å². The van der Waals surface area contributed by atoms with Crippen molar-refractivity contribution in [3.05, 3.63) is 47.0 Å². The molecule has 3 rings (SSSR count). The summed E-state index contributed by atoms with van der Waals surface area (Å²) in [6, 6.07) is 10.5. The first-order valence-corrected chi connectivity index (χ1v) is 7.81. The first-order valence-electron chi connectivity index (χ1n) is 7.81. The monoisotopic (exact) mass is 296 g/mol. The molecular weight excluding hydrogens is 276 g/mol. The van der Waals surface area contributed by atoms with Gasteiger partial charge in [0.15, 0.2) is 0 Å². The number of esters is 1. The Balaban J connectivity index is 2.06. The van der Waals surface area contributed by atoms with Crippen LogP contribution in [0.2, 0.25) is 0 Å². The maximum absolute atomic E-state index is 12.2. The van der Waals surface area contributed by atoms with E-state index in [1.807, 2.05) is 0 Å². The third kappa shape index (κ3) is 2.52. The van der Waals surface area contributed by atoms with E-state index < -0.39 is 0 Å². The summed E-state index contributed by atoms with van der Waals surface area (Å²) >= 11 is 0. The Kier molecular flexibility index (Phi) is 4.23. The molecule has 0 amide bonds. The van der Waals surface area contributed by atoms with Gasteiger partial charge in [-0.1, -0.05) is 30.3 Å². The van der Waals surface area contributed by atoms with Crippen LogP contribution >= 0.6 is 0 Å². The molecule has 0 bridgehead atoms. The van der Waals surface area contributed by atoms with Gasteiger partial charge in [0, 0.05) is 6.42 Å². The highest BCUT2D eigenvalue weighted by molar-refractivity contribution is 5.96. The minimum absolute atomic E-state index is 0.218. The zero-order valence-corrected chi connectivity index (χ0v) is 12.8. The molecule has 0 saturated heterocycles. The highest BCUT2D eigenvalue weighted by Crippen LogP contribution is 2.37. The second kappa shape index (κ2) is 6.30. The molecule has 1 aliphatic carbocycles. The predicted molar refractivity (Wildman–Crippen MR) is 86.0 cm³/mol. The van der Waals surface area contributed by atoms with Crippen LogP contribution in [-0.4, -0.2) is 19.4 Å². The molecule has 0 aromatic heterocycles. The molecule has 0 N–H and O–H groups in total. The number of ether oxygens (including phenoxy) is 1. The molecule has 114 valence electrons. The summed E-state index contributed by atoms with van der Waals surface area (Å²) in [7, 11) is 1.43. The van der Waals surface area contributed by atoms with E-state index in [2.05, 4.69) is 30.3 Å². The fraction of sp³-hybridized carbons (Fsp3) is 0.368. The molecule has 0 saturated carbocycles. The van der Waals surface area contributed by atoms with Gasteiger partial charge in [-0.25, -0.2) is 0 Å². The molecule has 3 nitrogen and oxygen atoms in total. The Labute approximate surface area is 130 Å². The first kappa shape index (κ1) is 14.8. The van der Waals surface area contributed by atoms with Crippen molar-refractivity contribution in [3.63, 3.8) is 0 Å². The van der Waals surface area contributed by atoms with E-state index in [1.165, 1.54) is 23.6 Å². The van der Waals surface area contributed by atoms with Crippen molar-refractivity contribution in [1.29, 1.82) is 0 Å². The number of carbonyl (C=O) groups is 2. The van der Waals surface area contributed by atoms with Gasteiger partial charge >= 0.3 is 5.97 Å². The van der Waals surface area contributed by atoms with Gasteiger partial charge in [-0.15, -0.1) is 0 Å². The lowest BCUT2D eigenvalue weighted by Crippen LogP contribution is -2.15. The van der Waals surface area contributed by atoms with Gasteiger partial charge in [-0.2, -0.15) is 0 Å². The summed E-state index contributed by atoms with van der Waals surface area (Å²) in [4.78, 5) is 22.8. The Hall–Kier alpha value is -2.16. The summed E-state index contributed by atoms with van der Waals surface area (Å²) in [6.45, 7) is 0. The van der Waals surface area contributed by atoms with Crippen LogP contribution in [0.1, 0.15) is 41.9 Å². The lowest BCUT2D eigenvalue weighted by molar-refractivity contribution is -0.142. The van der Waals surface area contributed by atoms with Crippen LogP contribution in [-0.2, 0) is 27.2 Å². The van der Waals surface area contributed by atoms with Gasteiger partial charge in [0.05, 0.1) is 13.0 Å². The van der Waals surface area contributed by atoms with Crippen molar-refractivity contribution in [2.75, 3.05) is 7.11 Å². The van der Waals surface area contributed by atoms with Crippen molar-refractivity contribution >= 4 is 23.0 Å². The molecule has 0 aliphatic heterocycles. The number of hydrogen-bond acceptors (Lipinski definition) is 3. The molecule has 0 spiro atoms. The second-order valence-electron chi connectivity index (χ2n) is 5.83. The van der Waals surface area contributed by atoms with Crippen LogP contribution in [0.3, 0.4) is 0 Å². The van der Waals surface area contributed by atoms with Crippen LogP contribution in [0.4, 0.5) is 0 Å². The first-order chi connectivity index (χ1) is 10.8. The molecule has 2 aromatic carbocycles. The summed E-state index contributed by atoms with van der Waals surface area (Å²) in [6.07, 6.45) is 4.88. The van der Waals surface area contributed by atoms with Gasteiger partial charge in [0.1, 0.15) is 6.29 Å². The molecule has 1 aliphatic rings. The minimum Gasteiger partial charge on any atom is -0.469 e. The third-order valence-electron chi connectivity index (χ3n) is 4.59. The number of aldehydes is 1. The van der Waals surface area contributed by atoms with E-state index >= 15 is 0 Å². The zero-order chi connectivity index (χ0) is 15.5. The largest absolute Gasteiger partial charge is 0.469 e. The molecule has 1 unspecified atom stereocenters. The molecule has 1 atom stereocenters. The smallest absolute Gasteiger partial charge is 0.313 e. The van der Waals surface area contributed by atoms with Crippen molar-refractivity contribution in [1.82, 2.24) is 0 Å². The third-order valence-corrected chi connectivity index (χ3v) is 4.59. The topological polar surface area (TPSA) is 43.4 Å². The van der Waals surface area contributed by atoms with Crippen molar-refractivity contribution in [2.45, 2.75) is 38.0 Å². The van der Waals surface area contributed by atoms with Crippen LogP contribution in [0.5, 0.6) is 0 Å². The SMILES string of the molecule is COC(=O)C(CCCC=O)c1ccc2c3c(cccc13)CC2. The Bertz CT molecular complexity index is 708. The van der Waals surface area contributed by atoms with Crippen molar-refractivity contribution in [3.8, 4) is 0 Å². The fourth-order valence-electron chi connectivity index (χ4n) is 3.52. The normalized spacial score (nSPS) is 14.0. The Morgan fingerprint density at radius 3 is 2.73 bits per heavy atom. The fourth-order valence-corrected chi connectivity index (χ4v) is 3.52. The minimum atomic E-state index is -0.296. The van der Waals surface area contributed by atoms with Gasteiger partial charge in [0.2, 0.25) is 0 Å². The predicted octanol–water partition coefficient (Wildman–Crippen LogP) is 3.56. The average molecular weight is 296 g/mol. The van der Waals surface area contributed by atoms with E-state index in [0.29, 0.717) is 19.3 Å². The zero-order valence-electron chi connectivity index (χ0n) is 12.8. The summed E-state index contributed by atoms with van der Waals surface area (Å²) < 4.78 is 5.00. The van der Waals surface area contributed by atoms with Crippen molar-refractivity contribution in [2.24, 2.45) is 0 Å². The van der Waals surface area contributed by atoms with E-state index in [9.17, 15) is 9.59 Å². The lowest BCUT2D eigenvalue weighted by atomic mass is 9.88. The summed E-state index contributed by atoms with van der Waals surface area (Å²) in [5, 5.41) is 2.47. The average Bonchev–Trinajstić information content (AvgIpc) is 2.97. The highest BCUT2D eigenvalue weighted by atomic mass is 16.5. The molecule has 0 fully saturated rings. The maximum Gasteiger partial charge on any atom is 0.313 e. The molecule has 3 heteroatoms. The standard InChI is InChI=1S/C19H20O3/c1-22-19(21)17(6-2-3-12-20)15-11-10-14-9-8-13-5-4-7-16(15)18(13)14/h4-5,7,10-12,17H,2-3,6,8-9H2,1H3.